The fourth-order valence-electron chi connectivity index (χ4n) is 12.4. The topological polar surface area (TPSA) is 308 Å². The summed E-state index contributed by atoms with van der Waals surface area (Å²) in [5.41, 5.74) is 1.36. The number of esters is 1. The number of fused-ring (bicyclic) bond motifs is 4. The fraction of sp³-hybridized carbons (Fsp3) is 0.655. The minimum absolute atomic E-state index is 0.00876. The number of amides is 2. The molecule has 5 aliphatic rings. The number of ketones is 3. The molecule has 1 saturated carbocycles. The molecule has 450 valence electrons. The lowest BCUT2D eigenvalue weighted by atomic mass is 9.68. The van der Waals surface area contributed by atoms with Gasteiger partial charge in [-0.1, -0.05) is 64.2 Å². The number of carbonyl (C=O) groups is 6. The molecule has 3 saturated heterocycles. The van der Waals surface area contributed by atoms with Crippen molar-refractivity contribution >= 4 is 61.3 Å². The number of allylic oxidation sites excluding steroid dienone is 6. The second-order valence-electron chi connectivity index (χ2n) is 23.1. The number of nitrogens with one attached hydrogen (secondary N) is 1. The van der Waals surface area contributed by atoms with Gasteiger partial charge in [0.25, 0.3) is 11.7 Å². The molecule has 4 heterocycles. The number of methoxy groups -OCH3 is 3. The number of carbonyl (C=O) groups excluding carboxylic acids is 6. The van der Waals surface area contributed by atoms with E-state index in [1.165, 1.54) is 43.4 Å². The standard InChI is InChI=1S/C58H84N2O19P2/c1-33-14-11-10-12-15-34(2)47(74-7)30-41-21-17-38(6)58(68,79-41)54(64)55(65)60-25-13-16-43-44(48(77-56(66)50(43)60)31-45(61)35(3)27-37(5)52(63)53(76-9)51(62)36(4)26-33)28-39-18-24-46(49(29-39)75-8)78-57(67)59-40-19-22-42(23-20-40)80(69,70)32-81(71,72)73/h10-12,14-15,19-20,22-23,27,33,35-36,38-39,41,43-44,46-50,52-53,63,68H,13,16-18,21,24-26,28-32H2,1-9H3,(H,59,67)(H,69,70)(H2,71,72,73)/b12-10+,14-11+,34-15+,37-27+/t33-,35?,36?,38?,39?,41+,43-,44?,46-,47+,48+,49?,50?,52+,53?,58?/m1/s1. The Morgan fingerprint density at radius 2 is 1.54 bits per heavy atom. The predicted octanol–water partition coefficient (Wildman–Crippen LogP) is 6.69. The Morgan fingerprint density at radius 3 is 2.20 bits per heavy atom. The highest BCUT2D eigenvalue weighted by Gasteiger charge is 2.57. The first-order valence-corrected chi connectivity index (χ1v) is 31.7. The number of nitrogens with zero attached hydrogens (tertiary/aromatic N) is 1. The van der Waals surface area contributed by atoms with Crippen LogP contribution >= 0.6 is 15.0 Å². The van der Waals surface area contributed by atoms with E-state index in [0.717, 1.165) is 5.57 Å². The minimum atomic E-state index is -4.81. The van der Waals surface area contributed by atoms with Crippen molar-refractivity contribution in [1.29, 1.82) is 0 Å². The first kappa shape index (κ1) is 65.7. The Morgan fingerprint density at radius 1 is 0.840 bits per heavy atom. The first-order chi connectivity index (χ1) is 38.1. The number of aliphatic hydroxyl groups is 2. The third-order valence-electron chi connectivity index (χ3n) is 17.0. The maximum atomic E-state index is 14.7. The molecule has 6 rings (SSSR count). The lowest BCUT2D eigenvalue weighted by Gasteiger charge is -2.50. The zero-order chi connectivity index (χ0) is 59.7. The molecule has 81 heavy (non-hydrogen) atoms. The molecular formula is C58H84N2O19P2. The zero-order valence-electron chi connectivity index (χ0n) is 47.9. The summed E-state index contributed by atoms with van der Waals surface area (Å²) in [6.07, 6.45) is 7.76. The van der Waals surface area contributed by atoms with E-state index in [9.17, 15) is 62.8 Å². The van der Waals surface area contributed by atoms with E-state index in [4.69, 9.17) is 28.4 Å². The highest BCUT2D eigenvalue weighted by Crippen LogP contribution is 2.54. The van der Waals surface area contributed by atoms with Crippen molar-refractivity contribution in [1.82, 2.24) is 4.90 Å². The highest BCUT2D eigenvalue weighted by atomic mass is 31.2. The quantitative estimate of drug-likeness (QED) is 0.0615. The van der Waals surface area contributed by atoms with Crippen LogP contribution in [0.3, 0.4) is 0 Å². The van der Waals surface area contributed by atoms with E-state index in [0.29, 0.717) is 63.4 Å². The van der Waals surface area contributed by atoms with E-state index in [2.05, 4.69) is 5.32 Å². The van der Waals surface area contributed by atoms with Gasteiger partial charge in [-0.2, -0.15) is 0 Å². The molecule has 4 aliphatic heterocycles. The normalized spacial score (nSPS) is 37.4. The molecule has 10 unspecified atom stereocenters. The predicted molar refractivity (Wildman–Crippen MR) is 299 cm³/mol. The van der Waals surface area contributed by atoms with Crippen LogP contribution in [0.4, 0.5) is 10.5 Å². The number of Topliss-reactive ketones (excluding diaryl/α,β-unsaturated/α-hetero) is 3. The maximum Gasteiger partial charge on any atom is 0.411 e. The van der Waals surface area contributed by atoms with Gasteiger partial charge in [-0.3, -0.25) is 33.6 Å². The molecule has 1 aromatic carbocycles. The van der Waals surface area contributed by atoms with Gasteiger partial charge < -0.3 is 58.2 Å². The summed E-state index contributed by atoms with van der Waals surface area (Å²) >= 11 is 0. The van der Waals surface area contributed by atoms with Gasteiger partial charge in [-0.05, 0) is 125 Å². The van der Waals surface area contributed by atoms with Crippen molar-refractivity contribution in [3.8, 4) is 0 Å². The number of rotatable bonds is 10. The number of anilines is 1. The minimum Gasteiger partial charge on any atom is -0.460 e. The molecular weight excluding hydrogens is 1090 g/mol. The Balaban J connectivity index is 1.27. The van der Waals surface area contributed by atoms with Gasteiger partial charge in [0, 0.05) is 75.4 Å². The molecule has 6 N–H and O–H groups in total. The fourth-order valence-corrected chi connectivity index (χ4v) is 15.7. The van der Waals surface area contributed by atoms with E-state index in [-0.39, 0.29) is 53.8 Å². The largest absolute Gasteiger partial charge is 0.460 e. The number of benzene rings is 1. The number of hydrogen-bond acceptors (Lipinski definition) is 16. The molecule has 1 aliphatic carbocycles. The molecule has 2 amide bonds. The van der Waals surface area contributed by atoms with Crippen LogP contribution in [-0.2, 0) is 61.5 Å². The van der Waals surface area contributed by atoms with Crippen LogP contribution in [0.2, 0.25) is 0 Å². The third kappa shape index (κ3) is 16.7. The summed E-state index contributed by atoms with van der Waals surface area (Å²) in [6, 6.07) is 3.71. The number of aliphatic hydroxyl groups excluding tert-OH is 1. The average molecular weight is 1180 g/mol. The van der Waals surface area contributed by atoms with Crippen LogP contribution in [0.25, 0.3) is 0 Å². The van der Waals surface area contributed by atoms with Gasteiger partial charge in [0.15, 0.2) is 5.78 Å². The molecule has 4 fully saturated rings. The van der Waals surface area contributed by atoms with E-state index < -0.39 is 129 Å². The molecule has 21 nitrogen and oxygen atoms in total. The first-order valence-electron chi connectivity index (χ1n) is 28.0. The Labute approximate surface area is 474 Å². The average Bonchev–Trinajstić information content (AvgIpc) is 3.60. The highest BCUT2D eigenvalue weighted by molar-refractivity contribution is 7.77. The van der Waals surface area contributed by atoms with Crippen LogP contribution in [0.15, 0.2) is 71.9 Å². The van der Waals surface area contributed by atoms with Gasteiger partial charge in [0.2, 0.25) is 13.2 Å². The third-order valence-corrected chi connectivity index (χ3v) is 21.2. The van der Waals surface area contributed by atoms with Gasteiger partial charge in [-0.15, -0.1) is 0 Å². The van der Waals surface area contributed by atoms with Crippen molar-refractivity contribution in [2.24, 2.45) is 41.4 Å². The van der Waals surface area contributed by atoms with Crippen molar-refractivity contribution in [3.63, 3.8) is 0 Å². The number of ether oxygens (including phenoxy) is 6. The van der Waals surface area contributed by atoms with Crippen LogP contribution in [0.1, 0.15) is 112 Å². The van der Waals surface area contributed by atoms with E-state index in [1.807, 2.05) is 44.2 Å². The van der Waals surface area contributed by atoms with Gasteiger partial charge >= 0.3 is 19.7 Å². The molecule has 17 atom stereocenters. The Bertz CT molecular complexity index is 2650. The van der Waals surface area contributed by atoms with Crippen molar-refractivity contribution in [2.45, 2.75) is 167 Å². The van der Waals surface area contributed by atoms with Crippen LogP contribution in [-0.4, -0.2) is 153 Å². The van der Waals surface area contributed by atoms with Gasteiger partial charge in [0.05, 0.1) is 18.3 Å². The van der Waals surface area contributed by atoms with Crippen LogP contribution in [0.5, 0.6) is 0 Å². The number of piperidine rings is 1. The Hall–Kier alpha value is -4.50. The van der Waals surface area contributed by atoms with Crippen molar-refractivity contribution < 1.29 is 91.2 Å². The molecule has 0 radical (unpaired) electrons. The summed E-state index contributed by atoms with van der Waals surface area (Å²) in [5, 5.41) is 26.1. The SMILES string of the molecule is COC1CC(CC2[C@H]3CCCN4C(=O)C(=O)C5(O)O[C@@H](CCC5C)C[C@H](OC)/C(C)=C/C=C/C=C/[C@@H](C)CC(C)C(=O)C(OC)[C@@H](O)/C(C)=C/C(C)C(=O)C[C@@H]2OC(=O)C34)CC[C@H]1OC(=O)Nc1ccc(P(=O)(O)CP(=O)(O)O)cc1. The summed E-state index contributed by atoms with van der Waals surface area (Å²) in [7, 11) is -4.84. The second-order valence-corrected chi connectivity index (χ2v) is 27.5. The molecule has 1 aromatic rings. The summed E-state index contributed by atoms with van der Waals surface area (Å²) in [6.45, 7) is 10.6. The van der Waals surface area contributed by atoms with Crippen LogP contribution < -0.4 is 10.6 Å². The lowest BCUT2D eigenvalue weighted by Crippen LogP contribution is -2.65. The Kier molecular flexibility index (Phi) is 23.0. The lowest BCUT2D eigenvalue weighted by molar-refractivity contribution is -0.266. The maximum absolute atomic E-state index is 14.7. The summed E-state index contributed by atoms with van der Waals surface area (Å²) in [5.74, 6) is -10.9. The second kappa shape index (κ2) is 28.4. The molecule has 0 spiro atoms. The monoisotopic (exact) mass is 1170 g/mol. The molecule has 4 bridgehead atoms. The van der Waals surface area contributed by atoms with Crippen LogP contribution in [0, 0.1) is 41.4 Å². The van der Waals surface area contributed by atoms with Gasteiger partial charge in [-0.25, -0.2) is 9.59 Å². The molecule has 23 heteroatoms. The van der Waals surface area contributed by atoms with Crippen molar-refractivity contribution in [3.05, 3.63) is 71.9 Å². The summed E-state index contributed by atoms with van der Waals surface area (Å²) in [4.78, 5) is 115. The van der Waals surface area contributed by atoms with Gasteiger partial charge in [0.1, 0.15) is 42.1 Å². The van der Waals surface area contributed by atoms with Crippen molar-refractivity contribution in [2.75, 3.05) is 39.1 Å². The number of hydrogen-bond donors (Lipinski definition) is 6. The molecule has 0 aromatic heterocycles. The zero-order valence-corrected chi connectivity index (χ0v) is 49.7. The van der Waals surface area contributed by atoms with E-state index in [1.54, 1.807) is 40.9 Å². The summed E-state index contributed by atoms with van der Waals surface area (Å²) < 4.78 is 59.7. The van der Waals surface area contributed by atoms with E-state index >= 15 is 0 Å². The smallest absolute Gasteiger partial charge is 0.411 e.